The molecule has 7 nitrogen and oxygen atoms in total. The van der Waals surface area contributed by atoms with Crippen molar-refractivity contribution in [2.45, 2.75) is 30.6 Å². The van der Waals surface area contributed by atoms with Gasteiger partial charge in [-0.25, -0.2) is 8.42 Å². The van der Waals surface area contributed by atoms with Gasteiger partial charge in [-0.15, -0.1) is 10.2 Å². The van der Waals surface area contributed by atoms with Crippen LogP contribution in [0.5, 0.6) is 0 Å². The fourth-order valence-corrected chi connectivity index (χ4v) is 5.19. The number of hydrogen-bond donors (Lipinski definition) is 0. The molecule has 1 aliphatic heterocycles. The van der Waals surface area contributed by atoms with Crippen LogP contribution in [0.25, 0.3) is 11.5 Å². The van der Waals surface area contributed by atoms with Crippen molar-refractivity contribution in [3.05, 3.63) is 53.3 Å². The van der Waals surface area contributed by atoms with Gasteiger partial charge >= 0.3 is 0 Å². The van der Waals surface area contributed by atoms with Gasteiger partial charge in [0.15, 0.2) is 0 Å². The number of sulfonamides is 1. The summed E-state index contributed by atoms with van der Waals surface area (Å²) in [5.74, 6) is 0.968. The third kappa shape index (κ3) is 3.52. The first-order valence-corrected chi connectivity index (χ1v) is 10.4. The van der Waals surface area contributed by atoms with Crippen LogP contribution in [0.2, 0.25) is 5.02 Å². The Kier molecular flexibility index (Phi) is 4.79. The van der Waals surface area contributed by atoms with E-state index in [1.165, 1.54) is 10.4 Å². The van der Waals surface area contributed by atoms with E-state index in [4.69, 9.17) is 20.4 Å². The molecular weight excluding hydrogens is 390 g/mol. The second kappa shape index (κ2) is 7.10. The Morgan fingerprint density at radius 2 is 1.96 bits per heavy atom. The number of benzene rings is 1. The van der Waals surface area contributed by atoms with Crippen molar-refractivity contribution in [2.24, 2.45) is 0 Å². The zero-order valence-corrected chi connectivity index (χ0v) is 16.2. The third-order valence-electron chi connectivity index (χ3n) is 4.78. The van der Waals surface area contributed by atoms with Gasteiger partial charge in [-0.2, -0.15) is 4.31 Å². The summed E-state index contributed by atoms with van der Waals surface area (Å²) in [5.41, 5.74) is 1.41. The maximum atomic E-state index is 13.0. The number of piperidine rings is 1. The highest BCUT2D eigenvalue weighted by Gasteiger charge is 2.33. The van der Waals surface area contributed by atoms with E-state index < -0.39 is 10.0 Å². The van der Waals surface area contributed by atoms with Crippen molar-refractivity contribution in [3.8, 4) is 11.5 Å². The van der Waals surface area contributed by atoms with E-state index in [0.717, 1.165) is 5.56 Å². The van der Waals surface area contributed by atoms with E-state index in [9.17, 15) is 8.42 Å². The van der Waals surface area contributed by atoms with Gasteiger partial charge in [0, 0.05) is 24.0 Å². The van der Waals surface area contributed by atoms with Crippen LogP contribution in [0, 0.1) is 6.92 Å². The molecule has 1 saturated heterocycles. The van der Waals surface area contributed by atoms with Gasteiger partial charge in [-0.05, 0) is 43.5 Å². The highest BCUT2D eigenvalue weighted by molar-refractivity contribution is 7.89. The molecule has 0 saturated carbocycles. The third-order valence-corrected chi connectivity index (χ3v) is 7.06. The average molecular weight is 408 g/mol. The molecule has 2 aromatic heterocycles. The minimum Gasteiger partial charge on any atom is -0.472 e. The molecule has 9 heteroatoms. The molecule has 0 bridgehead atoms. The van der Waals surface area contributed by atoms with Crippen molar-refractivity contribution in [1.29, 1.82) is 0 Å². The molecule has 1 fully saturated rings. The lowest BCUT2D eigenvalue weighted by atomic mass is 9.98. The van der Waals surface area contributed by atoms with Gasteiger partial charge in [0.1, 0.15) is 6.26 Å². The summed E-state index contributed by atoms with van der Waals surface area (Å²) in [6, 6.07) is 6.67. The lowest BCUT2D eigenvalue weighted by Gasteiger charge is -2.30. The number of aromatic nitrogens is 2. The highest BCUT2D eigenvalue weighted by Crippen LogP contribution is 2.32. The summed E-state index contributed by atoms with van der Waals surface area (Å²) in [7, 11) is -3.58. The monoisotopic (exact) mass is 407 g/mol. The number of nitrogens with zero attached hydrogens (tertiary/aromatic N) is 3. The van der Waals surface area contributed by atoms with Crippen LogP contribution in [-0.4, -0.2) is 36.0 Å². The van der Waals surface area contributed by atoms with E-state index in [-0.39, 0.29) is 10.8 Å². The van der Waals surface area contributed by atoms with Crippen molar-refractivity contribution in [3.63, 3.8) is 0 Å². The van der Waals surface area contributed by atoms with E-state index >= 15 is 0 Å². The second-order valence-electron chi connectivity index (χ2n) is 6.55. The normalized spacial score (nSPS) is 16.7. The van der Waals surface area contributed by atoms with Gasteiger partial charge in [0.25, 0.3) is 5.89 Å². The van der Waals surface area contributed by atoms with Crippen molar-refractivity contribution >= 4 is 21.6 Å². The summed E-state index contributed by atoms with van der Waals surface area (Å²) in [6.45, 7) is 2.55. The van der Waals surface area contributed by atoms with Crippen LogP contribution in [0.15, 0.2) is 50.5 Å². The molecule has 27 heavy (non-hydrogen) atoms. The molecule has 0 aliphatic carbocycles. The largest absolute Gasteiger partial charge is 0.472 e. The van der Waals surface area contributed by atoms with E-state index in [1.807, 2.05) is 0 Å². The summed E-state index contributed by atoms with van der Waals surface area (Å²) < 4.78 is 38.2. The van der Waals surface area contributed by atoms with Gasteiger partial charge in [0.2, 0.25) is 15.9 Å². The molecule has 4 rings (SSSR count). The molecule has 142 valence electrons. The molecule has 0 atom stereocenters. The lowest BCUT2D eigenvalue weighted by molar-refractivity contribution is 0.291. The predicted octanol–water partition coefficient (Wildman–Crippen LogP) is 3.86. The zero-order chi connectivity index (χ0) is 19.0. The topological polar surface area (TPSA) is 89.4 Å². The van der Waals surface area contributed by atoms with Crippen molar-refractivity contribution in [2.75, 3.05) is 13.1 Å². The Morgan fingerprint density at radius 3 is 2.67 bits per heavy atom. The first kappa shape index (κ1) is 18.2. The molecular formula is C18H18ClN3O4S. The van der Waals surface area contributed by atoms with Gasteiger partial charge < -0.3 is 8.83 Å². The molecule has 0 radical (unpaired) electrons. The Hall–Kier alpha value is -2.16. The lowest BCUT2D eigenvalue weighted by Crippen LogP contribution is -2.38. The number of rotatable bonds is 4. The zero-order valence-electron chi connectivity index (χ0n) is 14.6. The first-order valence-electron chi connectivity index (χ1n) is 8.57. The number of furan rings is 1. The standard InChI is InChI=1S/C18H18ClN3O4S/c1-12-2-3-15(19)10-16(12)27(23,24)22-7-4-13(5-8-22)17-20-21-18(26-17)14-6-9-25-11-14/h2-3,6,9-11,13H,4-5,7-8H2,1H3. The Labute approximate surface area is 162 Å². The molecule has 0 N–H and O–H groups in total. The van der Waals surface area contributed by atoms with Gasteiger partial charge in [-0.3, -0.25) is 0 Å². The van der Waals surface area contributed by atoms with Crippen LogP contribution in [0.4, 0.5) is 0 Å². The molecule has 0 unspecified atom stereocenters. The summed E-state index contributed by atoms with van der Waals surface area (Å²) >= 11 is 5.99. The SMILES string of the molecule is Cc1ccc(Cl)cc1S(=O)(=O)N1CCC(c2nnc(-c3ccoc3)o2)CC1. The summed E-state index contributed by atoms with van der Waals surface area (Å²) in [4.78, 5) is 0.258. The van der Waals surface area contributed by atoms with Crippen LogP contribution in [0.3, 0.4) is 0 Å². The number of halogens is 1. The summed E-state index contributed by atoms with van der Waals surface area (Å²) in [6.07, 6.45) is 4.32. The first-order chi connectivity index (χ1) is 12.9. The van der Waals surface area contributed by atoms with E-state index in [2.05, 4.69) is 10.2 Å². The maximum Gasteiger partial charge on any atom is 0.250 e. The molecule has 0 spiro atoms. The molecule has 0 amide bonds. The fraction of sp³-hybridized carbons (Fsp3) is 0.333. The van der Waals surface area contributed by atoms with Crippen LogP contribution < -0.4 is 0 Å². The van der Waals surface area contributed by atoms with Gasteiger partial charge in [0.05, 0.1) is 16.7 Å². The van der Waals surface area contributed by atoms with Crippen molar-refractivity contribution in [1.82, 2.24) is 14.5 Å². The molecule has 3 heterocycles. The smallest absolute Gasteiger partial charge is 0.250 e. The van der Waals surface area contributed by atoms with Gasteiger partial charge in [-0.1, -0.05) is 17.7 Å². The summed E-state index contributed by atoms with van der Waals surface area (Å²) in [5, 5.41) is 8.58. The maximum absolute atomic E-state index is 13.0. The van der Waals surface area contributed by atoms with Crippen LogP contribution >= 0.6 is 11.6 Å². The Bertz CT molecular complexity index is 1040. The minimum absolute atomic E-state index is 0.0325. The molecule has 3 aromatic rings. The predicted molar refractivity (Wildman–Crippen MR) is 98.9 cm³/mol. The van der Waals surface area contributed by atoms with E-state index in [1.54, 1.807) is 37.6 Å². The Morgan fingerprint density at radius 1 is 1.19 bits per heavy atom. The average Bonchev–Trinajstić information content (AvgIpc) is 3.35. The van der Waals surface area contributed by atoms with E-state index in [0.29, 0.717) is 48.3 Å². The second-order valence-corrected chi connectivity index (χ2v) is 8.89. The minimum atomic E-state index is -3.58. The number of aryl methyl sites for hydroxylation is 1. The molecule has 1 aliphatic rings. The molecule has 1 aromatic carbocycles. The Balaban J connectivity index is 1.48. The quantitative estimate of drug-likeness (QED) is 0.652. The fourth-order valence-electron chi connectivity index (χ4n) is 3.24. The van der Waals surface area contributed by atoms with Crippen LogP contribution in [0.1, 0.15) is 30.2 Å². The highest BCUT2D eigenvalue weighted by atomic mass is 35.5. The number of hydrogen-bond acceptors (Lipinski definition) is 6. The van der Waals surface area contributed by atoms with Crippen LogP contribution in [-0.2, 0) is 10.0 Å². The van der Waals surface area contributed by atoms with Crippen molar-refractivity contribution < 1.29 is 17.3 Å².